The van der Waals surface area contributed by atoms with Crippen LogP contribution in [0.3, 0.4) is 0 Å². The number of benzene rings is 1. The predicted molar refractivity (Wildman–Crippen MR) is 81.3 cm³/mol. The molecule has 3 nitrogen and oxygen atoms in total. The van der Waals surface area contributed by atoms with Crippen molar-refractivity contribution in [2.24, 2.45) is 5.92 Å². The van der Waals surface area contributed by atoms with Crippen LogP contribution in [-0.2, 0) is 9.53 Å². The van der Waals surface area contributed by atoms with Crippen LogP contribution in [0.1, 0.15) is 24.8 Å². The molecular weight excluding hydrogens is 293 g/mol. The molecule has 0 saturated carbocycles. The third kappa shape index (κ3) is 4.17. The van der Waals surface area contributed by atoms with Crippen molar-refractivity contribution in [1.29, 1.82) is 0 Å². The van der Waals surface area contributed by atoms with Crippen LogP contribution in [0.2, 0.25) is 5.02 Å². The molecule has 1 saturated heterocycles. The Hall–Kier alpha value is -1.13. The van der Waals surface area contributed by atoms with Gasteiger partial charge >= 0.3 is 5.97 Å². The van der Waals surface area contributed by atoms with Crippen molar-refractivity contribution in [2.75, 3.05) is 32.9 Å². The van der Waals surface area contributed by atoms with E-state index in [0.717, 1.165) is 18.5 Å². The Morgan fingerprint density at radius 2 is 2.14 bits per heavy atom. The highest BCUT2D eigenvalue weighted by molar-refractivity contribution is 6.30. The second-order valence-electron chi connectivity index (χ2n) is 5.29. The van der Waals surface area contributed by atoms with Crippen LogP contribution in [0.15, 0.2) is 24.3 Å². The Balaban J connectivity index is 2.17. The first-order chi connectivity index (χ1) is 10.2. The minimum absolute atomic E-state index is 0.108. The molecule has 0 radical (unpaired) electrons. The molecule has 0 aliphatic carbocycles. The highest BCUT2D eigenvalue weighted by Crippen LogP contribution is 2.34. The van der Waals surface area contributed by atoms with Gasteiger partial charge in [-0.25, -0.2) is 4.39 Å². The summed E-state index contributed by atoms with van der Waals surface area (Å²) in [6.07, 6.45) is 0.825. The van der Waals surface area contributed by atoms with E-state index in [1.165, 1.54) is 0 Å². The molecule has 0 aromatic heterocycles. The molecule has 2 rings (SSSR count). The van der Waals surface area contributed by atoms with Gasteiger partial charge in [0.25, 0.3) is 0 Å². The largest absolute Gasteiger partial charge is 0.466 e. The molecule has 0 unspecified atom stereocenters. The average Bonchev–Trinajstić information content (AvgIpc) is 2.49. The zero-order valence-corrected chi connectivity index (χ0v) is 13.0. The summed E-state index contributed by atoms with van der Waals surface area (Å²) in [5.41, 5.74) is 1.09. The third-order valence-corrected chi connectivity index (χ3v) is 4.24. The van der Waals surface area contributed by atoms with Gasteiger partial charge in [0.15, 0.2) is 0 Å². The number of hydrogen-bond donors (Lipinski definition) is 0. The molecule has 5 heteroatoms. The highest BCUT2D eigenvalue weighted by atomic mass is 35.5. The predicted octanol–water partition coefficient (Wildman–Crippen LogP) is 3.28. The minimum Gasteiger partial charge on any atom is -0.466 e. The van der Waals surface area contributed by atoms with Crippen molar-refractivity contribution in [3.8, 4) is 0 Å². The van der Waals surface area contributed by atoms with E-state index < -0.39 is 0 Å². The van der Waals surface area contributed by atoms with E-state index >= 15 is 0 Å². The van der Waals surface area contributed by atoms with Crippen molar-refractivity contribution >= 4 is 17.6 Å². The molecule has 1 aromatic rings. The summed E-state index contributed by atoms with van der Waals surface area (Å²) in [6, 6.07) is 7.61. The SMILES string of the molecule is CCOC(=O)[C@@H]1CN(CCF)CC[C@H]1c1ccc(Cl)cc1. The smallest absolute Gasteiger partial charge is 0.310 e. The van der Waals surface area contributed by atoms with Gasteiger partial charge < -0.3 is 4.74 Å². The Morgan fingerprint density at radius 3 is 2.76 bits per heavy atom. The van der Waals surface area contributed by atoms with E-state index in [-0.39, 0.29) is 24.5 Å². The number of esters is 1. The Morgan fingerprint density at radius 1 is 1.43 bits per heavy atom. The van der Waals surface area contributed by atoms with Gasteiger partial charge in [-0.2, -0.15) is 0 Å². The molecule has 1 fully saturated rings. The van der Waals surface area contributed by atoms with Gasteiger partial charge in [0.2, 0.25) is 0 Å². The number of nitrogens with zero attached hydrogens (tertiary/aromatic N) is 1. The number of piperidine rings is 1. The zero-order valence-electron chi connectivity index (χ0n) is 12.2. The first-order valence-electron chi connectivity index (χ1n) is 7.36. The summed E-state index contributed by atoms with van der Waals surface area (Å²) in [6.45, 7) is 3.51. The second kappa shape index (κ2) is 7.76. The number of alkyl halides is 1. The van der Waals surface area contributed by atoms with E-state index in [9.17, 15) is 9.18 Å². The van der Waals surface area contributed by atoms with Crippen molar-refractivity contribution in [3.05, 3.63) is 34.9 Å². The quantitative estimate of drug-likeness (QED) is 0.781. The fourth-order valence-corrected chi connectivity index (χ4v) is 3.07. The Labute approximate surface area is 130 Å². The maximum atomic E-state index is 12.5. The maximum absolute atomic E-state index is 12.5. The summed E-state index contributed by atoms with van der Waals surface area (Å²) in [4.78, 5) is 14.2. The van der Waals surface area contributed by atoms with Gasteiger partial charge in [0, 0.05) is 18.1 Å². The molecule has 21 heavy (non-hydrogen) atoms. The molecular formula is C16H21ClFNO2. The number of carbonyl (C=O) groups excluding carboxylic acids is 1. The van der Waals surface area contributed by atoms with Gasteiger partial charge in [0.1, 0.15) is 6.67 Å². The Bertz CT molecular complexity index is 466. The second-order valence-corrected chi connectivity index (χ2v) is 5.73. The summed E-state index contributed by atoms with van der Waals surface area (Å²) in [5.74, 6) is -0.329. The van der Waals surface area contributed by atoms with E-state index in [4.69, 9.17) is 16.3 Å². The van der Waals surface area contributed by atoms with Gasteiger partial charge in [-0.05, 0) is 43.5 Å². The molecule has 0 amide bonds. The number of carbonyl (C=O) groups is 1. The number of rotatable bonds is 5. The van der Waals surface area contributed by atoms with Crippen molar-refractivity contribution in [3.63, 3.8) is 0 Å². The summed E-state index contributed by atoms with van der Waals surface area (Å²) >= 11 is 5.92. The minimum atomic E-state index is -0.388. The van der Waals surface area contributed by atoms with E-state index in [2.05, 4.69) is 0 Å². The van der Waals surface area contributed by atoms with Crippen molar-refractivity contribution in [1.82, 2.24) is 4.90 Å². The van der Waals surface area contributed by atoms with Crippen molar-refractivity contribution in [2.45, 2.75) is 19.3 Å². The van der Waals surface area contributed by atoms with Crippen LogP contribution in [-0.4, -0.2) is 43.8 Å². The Kier molecular flexibility index (Phi) is 6.00. The lowest BCUT2D eigenvalue weighted by Crippen LogP contribution is -2.44. The highest BCUT2D eigenvalue weighted by Gasteiger charge is 2.36. The summed E-state index contributed by atoms with van der Waals surface area (Å²) in [7, 11) is 0. The van der Waals surface area contributed by atoms with E-state index in [0.29, 0.717) is 24.7 Å². The van der Waals surface area contributed by atoms with Crippen LogP contribution in [0.4, 0.5) is 4.39 Å². The lowest BCUT2D eigenvalue weighted by atomic mass is 9.80. The topological polar surface area (TPSA) is 29.5 Å². The lowest BCUT2D eigenvalue weighted by Gasteiger charge is -2.37. The van der Waals surface area contributed by atoms with Crippen LogP contribution in [0.5, 0.6) is 0 Å². The molecule has 0 N–H and O–H groups in total. The summed E-state index contributed by atoms with van der Waals surface area (Å²) < 4.78 is 17.7. The van der Waals surface area contributed by atoms with Crippen molar-refractivity contribution < 1.29 is 13.9 Å². The standard InChI is InChI=1S/C16H21ClFNO2/c1-2-21-16(20)15-11-19(10-8-18)9-7-14(15)12-3-5-13(17)6-4-12/h3-6,14-15H,2,7-11H2,1H3/t14-,15+/m0/s1. The maximum Gasteiger partial charge on any atom is 0.310 e. The number of hydrogen-bond acceptors (Lipinski definition) is 3. The van der Waals surface area contributed by atoms with Gasteiger partial charge in [-0.1, -0.05) is 23.7 Å². The third-order valence-electron chi connectivity index (χ3n) is 3.99. The first kappa shape index (κ1) is 16.2. The van der Waals surface area contributed by atoms with Crippen LogP contribution >= 0.6 is 11.6 Å². The monoisotopic (exact) mass is 313 g/mol. The van der Waals surface area contributed by atoms with Gasteiger partial charge in [0.05, 0.1) is 12.5 Å². The fraction of sp³-hybridized carbons (Fsp3) is 0.562. The number of likely N-dealkylation sites (tertiary alicyclic amines) is 1. The summed E-state index contributed by atoms with van der Waals surface area (Å²) in [5, 5.41) is 0.682. The van der Waals surface area contributed by atoms with Crippen LogP contribution in [0.25, 0.3) is 0 Å². The lowest BCUT2D eigenvalue weighted by molar-refractivity contribution is -0.150. The molecule has 1 aliphatic heterocycles. The van der Waals surface area contributed by atoms with E-state index in [1.807, 2.05) is 29.2 Å². The number of halogens is 2. The van der Waals surface area contributed by atoms with Crippen LogP contribution in [0, 0.1) is 5.92 Å². The molecule has 0 bridgehead atoms. The van der Waals surface area contributed by atoms with Gasteiger partial charge in [-0.15, -0.1) is 0 Å². The molecule has 0 spiro atoms. The zero-order chi connectivity index (χ0) is 15.2. The van der Waals surface area contributed by atoms with Crippen LogP contribution < -0.4 is 0 Å². The fourth-order valence-electron chi connectivity index (χ4n) is 2.94. The molecule has 2 atom stereocenters. The average molecular weight is 314 g/mol. The molecule has 1 aliphatic rings. The first-order valence-corrected chi connectivity index (χ1v) is 7.74. The molecule has 1 aromatic carbocycles. The van der Waals surface area contributed by atoms with Gasteiger partial charge in [-0.3, -0.25) is 9.69 Å². The normalized spacial score (nSPS) is 23.0. The molecule has 1 heterocycles. The number of ether oxygens (including phenoxy) is 1. The molecule has 116 valence electrons. The van der Waals surface area contributed by atoms with E-state index in [1.54, 1.807) is 6.92 Å².